The molecule has 0 spiro atoms. The van der Waals surface area contributed by atoms with Crippen LogP contribution in [0.3, 0.4) is 0 Å². The number of ether oxygens (including phenoxy) is 2. The normalized spacial score (nSPS) is 16.7. The number of ketones is 1. The van der Waals surface area contributed by atoms with Crippen LogP contribution in [0.1, 0.15) is 61.2 Å². The third kappa shape index (κ3) is 6.62. The van der Waals surface area contributed by atoms with Gasteiger partial charge in [-0.05, 0) is 98.6 Å². The molecule has 2 aliphatic rings. The number of Topliss-reactive ketones (excluding diaryl/α,β-unsaturated/α-hetero) is 1. The summed E-state index contributed by atoms with van der Waals surface area (Å²) in [6, 6.07) is 24.5. The van der Waals surface area contributed by atoms with E-state index in [1.807, 2.05) is 12.2 Å². The number of carbonyl (C=O) groups excluding carboxylic acids is 6. The van der Waals surface area contributed by atoms with Gasteiger partial charge in [0.2, 0.25) is 11.8 Å². The molecule has 3 amide bonds. The predicted octanol–water partition coefficient (Wildman–Crippen LogP) is 6.04. The highest BCUT2D eigenvalue weighted by molar-refractivity contribution is 6.22. The van der Waals surface area contributed by atoms with E-state index in [2.05, 4.69) is 5.32 Å². The average Bonchev–Trinajstić information content (AvgIpc) is 3.34. The summed E-state index contributed by atoms with van der Waals surface area (Å²) >= 11 is 0. The minimum atomic E-state index is -0.675. The second kappa shape index (κ2) is 13.1. The van der Waals surface area contributed by atoms with Gasteiger partial charge in [0.05, 0.1) is 28.7 Å². The quantitative estimate of drug-likeness (QED) is 0.0821. The van der Waals surface area contributed by atoms with Crippen molar-refractivity contribution in [1.82, 2.24) is 0 Å². The molecule has 6 rings (SSSR count). The van der Waals surface area contributed by atoms with Gasteiger partial charge in [-0.15, -0.1) is 0 Å². The molecule has 2 unspecified atom stereocenters. The lowest BCUT2D eigenvalue weighted by molar-refractivity contribution is -0.122. The largest absolute Gasteiger partial charge is 0.423 e. The van der Waals surface area contributed by atoms with Crippen LogP contribution in [0.4, 0.5) is 11.4 Å². The second-order valence-electron chi connectivity index (χ2n) is 11.1. The number of rotatable bonds is 8. The SMILES string of the molecule is CC(=O)c1ccc(OC(=O)c2cccc(C(=O)Nc3cccc(OC(=O)c4ccc(N5C(=O)C6CC=CCC6C5=O)cc4)c3)c2)cc1. The highest BCUT2D eigenvalue weighted by Crippen LogP contribution is 2.37. The van der Waals surface area contributed by atoms with Crippen molar-refractivity contribution in [2.45, 2.75) is 19.8 Å². The summed E-state index contributed by atoms with van der Waals surface area (Å²) in [6.07, 6.45) is 4.92. The Labute approximate surface area is 269 Å². The number of imide groups is 1. The number of nitrogens with zero attached hydrogens (tertiary/aromatic N) is 1. The molecule has 1 N–H and O–H groups in total. The number of anilines is 2. The summed E-state index contributed by atoms with van der Waals surface area (Å²) in [4.78, 5) is 77.0. The van der Waals surface area contributed by atoms with Crippen molar-refractivity contribution in [3.05, 3.63) is 131 Å². The van der Waals surface area contributed by atoms with Crippen LogP contribution in [0.15, 0.2) is 109 Å². The number of hydrogen-bond acceptors (Lipinski definition) is 8. The summed E-state index contributed by atoms with van der Waals surface area (Å²) < 4.78 is 10.9. The fraction of sp³-hybridized carbons (Fsp3) is 0.135. The van der Waals surface area contributed by atoms with Crippen molar-refractivity contribution in [2.75, 3.05) is 10.2 Å². The van der Waals surface area contributed by atoms with E-state index in [0.29, 0.717) is 29.8 Å². The molecule has 4 aromatic rings. The fourth-order valence-electron chi connectivity index (χ4n) is 5.52. The molecule has 1 saturated heterocycles. The maximum absolute atomic E-state index is 13.0. The van der Waals surface area contributed by atoms with Gasteiger partial charge in [0.25, 0.3) is 5.91 Å². The number of amides is 3. The standard InChI is InChI=1S/C37H28N2O8/c1-22(40)23-14-18-29(19-15-23)46-37(45)26-7-4-6-25(20-26)33(41)38-27-8-5-9-30(21-27)47-36(44)24-12-16-28(17-13-24)39-34(42)31-10-2-3-11-32(31)35(39)43/h2-9,12-21,31-32H,10-11H2,1H3,(H,38,41). The Bertz CT molecular complexity index is 1920. The van der Waals surface area contributed by atoms with Crippen molar-refractivity contribution >= 4 is 46.8 Å². The van der Waals surface area contributed by atoms with Crippen LogP contribution in [-0.2, 0) is 9.59 Å². The molecule has 1 heterocycles. The van der Waals surface area contributed by atoms with Crippen LogP contribution < -0.4 is 19.7 Å². The van der Waals surface area contributed by atoms with Crippen LogP contribution in [0.2, 0.25) is 0 Å². The smallest absolute Gasteiger partial charge is 0.343 e. The number of allylic oxidation sites excluding steroid dienone is 2. The lowest BCUT2D eigenvalue weighted by Gasteiger charge is -2.15. The molecule has 4 aromatic carbocycles. The molecular weight excluding hydrogens is 600 g/mol. The Morgan fingerprint density at radius 3 is 1.87 bits per heavy atom. The number of benzene rings is 4. The number of hydrogen-bond donors (Lipinski definition) is 1. The van der Waals surface area contributed by atoms with Gasteiger partial charge < -0.3 is 14.8 Å². The number of carbonyl (C=O) groups is 6. The first kappa shape index (κ1) is 30.8. The minimum Gasteiger partial charge on any atom is -0.423 e. The van der Waals surface area contributed by atoms with Gasteiger partial charge >= 0.3 is 11.9 Å². The highest BCUT2D eigenvalue weighted by Gasteiger charge is 2.47. The van der Waals surface area contributed by atoms with E-state index in [0.717, 1.165) is 0 Å². The molecule has 0 aromatic heterocycles. The van der Waals surface area contributed by atoms with Gasteiger partial charge in [0.15, 0.2) is 5.78 Å². The lowest BCUT2D eigenvalue weighted by atomic mass is 9.85. The van der Waals surface area contributed by atoms with E-state index in [4.69, 9.17) is 9.47 Å². The van der Waals surface area contributed by atoms with E-state index >= 15 is 0 Å². The van der Waals surface area contributed by atoms with Crippen LogP contribution in [0.25, 0.3) is 0 Å². The lowest BCUT2D eigenvalue weighted by Crippen LogP contribution is -2.30. The van der Waals surface area contributed by atoms with Crippen molar-refractivity contribution in [2.24, 2.45) is 11.8 Å². The molecule has 0 radical (unpaired) electrons. The fourth-order valence-corrected chi connectivity index (χ4v) is 5.52. The van der Waals surface area contributed by atoms with Crippen molar-refractivity contribution in [3.63, 3.8) is 0 Å². The molecule has 1 fully saturated rings. The maximum Gasteiger partial charge on any atom is 0.343 e. The van der Waals surface area contributed by atoms with Crippen molar-refractivity contribution in [1.29, 1.82) is 0 Å². The second-order valence-corrected chi connectivity index (χ2v) is 11.1. The molecule has 1 aliphatic carbocycles. The monoisotopic (exact) mass is 628 g/mol. The summed E-state index contributed by atoms with van der Waals surface area (Å²) in [5.41, 5.74) is 1.78. The Balaban J connectivity index is 1.07. The molecule has 1 aliphatic heterocycles. The van der Waals surface area contributed by atoms with Gasteiger partial charge in [0, 0.05) is 22.9 Å². The van der Waals surface area contributed by atoms with E-state index in [9.17, 15) is 28.8 Å². The average molecular weight is 629 g/mol. The molecule has 10 heteroatoms. The first-order valence-corrected chi connectivity index (χ1v) is 14.9. The first-order valence-electron chi connectivity index (χ1n) is 14.9. The summed E-state index contributed by atoms with van der Waals surface area (Å²) in [6.45, 7) is 1.44. The number of nitrogens with one attached hydrogen (secondary N) is 1. The molecular formula is C37H28N2O8. The van der Waals surface area contributed by atoms with E-state index in [1.54, 1.807) is 48.5 Å². The van der Waals surface area contributed by atoms with Crippen molar-refractivity contribution < 1.29 is 38.2 Å². The molecule has 0 bridgehead atoms. The summed E-state index contributed by atoms with van der Waals surface area (Å²) in [7, 11) is 0. The van der Waals surface area contributed by atoms with E-state index in [1.165, 1.54) is 60.4 Å². The van der Waals surface area contributed by atoms with Crippen LogP contribution in [0.5, 0.6) is 11.5 Å². The Morgan fingerprint density at radius 2 is 1.21 bits per heavy atom. The Morgan fingerprint density at radius 1 is 0.638 bits per heavy atom. The Kier molecular flexibility index (Phi) is 8.57. The molecule has 10 nitrogen and oxygen atoms in total. The zero-order valence-corrected chi connectivity index (χ0v) is 25.2. The van der Waals surface area contributed by atoms with Gasteiger partial charge in [-0.25, -0.2) is 9.59 Å². The summed E-state index contributed by atoms with van der Waals surface area (Å²) in [5, 5.41) is 2.72. The zero-order valence-electron chi connectivity index (χ0n) is 25.2. The maximum atomic E-state index is 13.0. The van der Waals surface area contributed by atoms with E-state index < -0.39 is 17.8 Å². The van der Waals surface area contributed by atoms with Crippen LogP contribution in [-0.4, -0.2) is 35.4 Å². The number of fused-ring (bicyclic) bond motifs is 1. The molecule has 234 valence electrons. The third-order valence-electron chi connectivity index (χ3n) is 8.00. The van der Waals surface area contributed by atoms with Gasteiger partial charge in [-0.3, -0.25) is 24.1 Å². The number of esters is 2. The predicted molar refractivity (Wildman–Crippen MR) is 171 cm³/mol. The molecule has 2 atom stereocenters. The molecule has 47 heavy (non-hydrogen) atoms. The van der Waals surface area contributed by atoms with Gasteiger partial charge in [-0.1, -0.05) is 24.3 Å². The van der Waals surface area contributed by atoms with Crippen LogP contribution in [0, 0.1) is 11.8 Å². The first-order chi connectivity index (χ1) is 22.7. The third-order valence-corrected chi connectivity index (χ3v) is 8.00. The minimum absolute atomic E-state index is 0.109. The van der Waals surface area contributed by atoms with Crippen LogP contribution >= 0.6 is 0 Å². The molecule has 0 saturated carbocycles. The van der Waals surface area contributed by atoms with Crippen molar-refractivity contribution in [3.8, 4) is 11.5 Å². The highest BCUT2D eigenvalue weighted by atomic mass is 16.5. The van der Waals surface area contributed by atoms with Gasteiger partial charge in [-0.2, -0.15) is 0 Å². The topological polar surface area (TPSA) is 136 Å². The summed E-state index contributed by atoms with van der Waals surface area (Å²) in [5.74, 6) is -2.71. The Hall–Kier alpha value is -6.16. The van der Waals surface area contributed by atoms with E-state index in [-0.39, 0.29) is 57.6 Å². The zero-order chi connectivity index (χ0) is 33.1. The van der Waals surface area contributed by atoms with Gasteiger partial charge in [0.1, 0.15) is 11.5 Å².